The van der Waals surface area contributed by atoms with Crippen molar-refractivity contribution in [2.75, 3.05) is 25.0 Å². The number of rotatable bonds is 6. The van der Waals surface area contributed by atoms with Crippen molar-refractivity contribution in [2.45, 2.75) is 57.3 Å². The molecule has 1 amide bonds. The van der Waals surface area contributed by atoms with Gasteiger partial charge in [0.15, 0.2) is 0 Å². The van der Waals surface area contributed by atoms with Crippen molar-refractivity contribution in [1.29, 1.82) is 0 Å². The lowest BCUT2D eigenvalue weighted by Crippen LogP contribution is -2.37. The number of nitrogens with one attached hydrogen (secondary N) is 1. The number of unbranched alkanes of at least 4 members (excludes halogenated alkanes) is 1. The Morgan fingerprint density at radius 1 is 1.07 bits per heavy atom. The highest BCUT2D eigenvalue weighted by atomic mass is 16.2. The van der Waals surface area contributed by atoms with Gasteiger partial charge in [-0.05, 0) is 80.3 Å². The summed E-state index contributed by atoms with van der Waals surface area (Å²) < 4.78 is 0. The average Bonchev–Trinajstić information content (AvgIpc) is 3.06. The first-order chi connectivity index (χ1) is 14.7. The van der Waals surface area contributed by atoms with E-state index < -0.39 is 0 Å². The minimum absolute atomic E-state index is 0.244. The number of carbonyl (C=O) groups is 1. The monoisotopic (exact) mass is 400 g/mol. The number of nitrogens with zero attached hydrogens (tertiary/aromatic N) is 1. The second-order valence-corrected chi connectivity index (χ2v) is 9.33. The molecule has 0 bridgehead atoms. The third kappa shape index (κ3) is 3.50. The Bertz CT molecular complexity index is 975. The first-order valence-corrected chi connectivity index (χ1v) is 11.6. The van der Waals surface area contributed by atoms with Crippen LogP contribution in [0.25, 0.3) is 5.57 Å². The highest BCUT2D eigenvalue weighted by Gasteiger charge is 2.48. The zero-order chi connectivity index (χ0) is 20.6. The second kappa shape index (κ2) is 8.03. The lowest BCUT2D eigenvalue weighted by molar-refractivity contribution is -0.121. The predicted molar refractivity (Wildman–Crippen MR) is 124 cm³/mol. The fourth-order valence-electron chi connectivity index (χ4n) is 5.72. The van der Waals surface area contributed by atoms with E-state index in [4.69, 9.17) is 0 Å². The molecule has 0 fully saturated rings. The van der Waals surface area contributed by atoms with Crippen molar-refractivity contribution >= 4 is 17.2 Å². The van der Waals surface area contributed by atoms with Gasteiger partial charge in [0.25, 0.3) is 0 Å². The zero-order valence-corrected chi connectivity index (χ0v) is 18.0. The van der Waals surface area contributed by atoms with E-state index in [1.807, 2.05) is 0 Å². The maximum absolute atomic E-state index is 12.9. The molecule has 30 heavy (non-hydrogen) atoms. The lowest BCUT2D eigenvalue weighted by Gasteiger charge is -2.33. The van der Waals surface area contributed by atoms with Crippen LogP contribution in [0.5, 0.6) is 0 Å². The summed E-state index contributed by atoms with van der Waals surface area (Å²) in [6.07, 6.45) is 10.1. The number of hydrogen-bond acceptors (Lipinski definition) is 2. The molecule has 5 rings (SSSR count). The SMILES string of the molecule is Cc1ccc(C2=CCN(CCCCC34CCCc5cccc(c53)NC4=O)CC2)cc1. The molecule has 1 aliphatic carbocycles. The van der Waals surface area contributed by atoms with E-state index in [2.05, 4.69) is 65.7 Å². The van der Waals surface area contributed by atoms with Gasteiger partial charge in [-0.15, -0.1) is 0 Å². The molecule has 0 aromatic heterocycles. The van der Waals surface area contributed by atoms with Crippen LogP contribution in [0.4, 0.5) is 5.69 Å². The minimum atomic E-state index is -0.259. The van der Waals surface area contributed by atoms with Crippen LogP contribution >= 0.6 is 0 Å². The summed E-state index contributed by atoms with van der Waals surface area (Å²) in [7, 11) is 0. The Hall–Kier alpha value is -2.39. The van der Waals surface area contributed by atoms with Crippen LogP contribution in [0.3, 0.4) is 0 Å². The van der Waals surface area contributed by atoms with Crippen LogP contribution in [-0.4, -0.2) is 30.4 Å². The van der Waals surface area contributed by atoms with Gasteiger partial charge in [0.2, 0.25) is 5.91 Å². The molecule has 0 radical (unpaired) electrons. The molecular weight excluding hydrogens is 368 g/mol. The number of benzene rings is 2. The van der Waals surface area contributed by atoms with Crippen LogP contribution in [-0.2, 0) is 16.6 Å². The van der Waals surface area contributed by atoms with Gasteiger partial charge in [-0.1, -0.05) is 54.5 Å². The standard InChI is InChI=1S/C27H32N2O/c1-20-9-11-21(12-10-20)22-13-18-29(19-14-22)17-3-2-15-27-16-5-7-23-6-4-8-24(25(23)27)28-26(27)30/h4,6,8-13H,2-3,5,7,14-19H2,1H3,(H,28,30). The number of amides is 1. The smallest absolute Gasteiger partial charge is 0.235 e. The van der Waals surface area contributed by atoms with Crippen molar-refractivity contribution in [3.8, 4) is 0 Å². The lowest BCUT2D eigenvalue weighted by atomic mass is 9.68. The Morgan fingerprint density at radius 3 is 2.73 bits per heavy atom. The molecule has 1 atom stereocenters. The largest absolute Gasteiger partial charge is 0.325 e. The fourth-order valence-corrected chi connectivity index (χ4v) is 5.72. The van der Waals surface area contributed by atoms with E-state index in [0.717, 1.165) is 63.8 Å². The summed E-state index contributed by atoms with van der Waals surface area (Å²) in [5, 5.41) is 3.18. The van der Waals surface area contributed by atoms with Crippen LogP contribution in [0.1, 0.15) is 60.8 Å². The van der Waals surface area contributed by atoms with Crippen LogP contribution in [0, 0.1) is 6.92 Å². The van der Waals surface area contributed by atoms with Gasteiger partial charge in [-0.3, -0.25) is 9.69 Å². The molecule has 156 valence electrons. The van der Waals surface area contributed by atoms with E-state index in [9.17, 15) is 4.79 Å². The summed E-state index contributed by atoms with van der Waals surface area (Å²) in [4.78, 5) is 15.5. The maximum atomic E-state index is 12.9. The highest BCUT2D eigenvalue weighted by Crippen LogP contribution is 2.49. The Balaban J connectivity index is 1.16. The molecule has 2 aromatic carbocycles. The van der Waals surface area contributed by atoms with Gasteiger partial charge in [0, 0.05) is 18.8 Å². The molecule has 3 nitrogen and oxygen atoms in total. The van der Waals surface area contributed by atoms with Crippen LogP contribution in [0.2, 0.25) is 0 Å². The first-order valence-electron chi connectivity index (χ1n) is 11.6. The Morgan fingerprint density at radius 2 is 1.93 bits per heavy atom. The normalized spacial score (nSPS) is 23.1. The van der Waals surface area contributed by atoms with E-state index in [0.29, 0.717) is 0 Å². The molecule has 2 heterocycles. The number of anilines is 1. The van der Waals surface area contributed by atoms with E-state index in [1.54, 1.807) is 0 Å². The molecule has 0 saturated carbocycles. The summed E-state index contributed by atoms with van der Waals surface area (Å²) in [5.74, 6) is 0.244. The molecule has 2 aliphatic heterocycles. The summed E-state index contributed by atoms with van der Waals surface area (Å²) in [6.45, 7) is 5.45. The van der Waals surface area contributed by atoms with E-state index in [1.165, 1.54) is 34.2 Å². The summed E-state index contributed by atoms with van der Waals surface area (Å²) >= 11 is 0. The van der Waals surface area contributed by atoms with Crippen molar-refractivity contribution in [1.82, 2.24) is 4.90 Å². The molecule has 0 saturated heterocycles. The Labute approximate surface area is 180 Å². The maximum Gasteiger partial charge on any atom is 0.235 e. The van der Waals surface area contributed by atoms with Gasteiger partial charge < -0.3 is 5.32 Å². The summed E-state index contributed by atoms with van der Waals surface area (Å²) in [6, 6.07) is 15.3. The highest BCUT2D eigenvalue weighted by molar-refractivity contribution is 6.07. The van der Waals surface area contributed by atoms with Crippen molar-refractivity contribution in [2.24, 2.45) is 0 Å². The quantitative estimate of drug-likeness (QED) is 0.651. The van der Waals surface area contributed by atoms with Gasteiger partial charge in [-0.25, -0.2) is 0 Å². The van der Waals surface area contributed by atoms with Crippen LogP contribution in [0.15, 0.2) is 48.5 Å². The van der Waals surface area contributed by atoms with Crippen molar-refractivity contribution in [3.63, 3.8) is 0 Å². The molecule has 3 heteroatoms. The molecule has 0 spiro atoms. The second-order valence-electron chi connectivity index (χ2n) is 9.33. The molecular formula is C27H32N2O. The van der Waals surface area contributed by atoms with Gasteiger partial charge in [-0.2, -0.15) is 0 Å². The minimum Gasteiger partial charge on any atom is -0.325 e. The van der Waals surface area contributed by atoms with Gasteiger partial charge in [0.1, 0.15) is 0 Å². The first kappa shape index (κ1) is 19.6. The zero-order valence-electron chi connectivity index (χ0n) is 18.0. The Kier molecular flexibility index (Phi) is 5.24. The van der Waals surface area contributed by atoms with Crippen molar-refractivity contribution < 1.29 is 4.79 Å². The van der Waals surface area contributed by atoms with Gasteiger partial charge in [0.05, 0.1) is 5.41 Å². The van der Waals surface area contributed by atoms with Crippen molar-refractivity contribution in [3.05, 3.63) is 70.8 Å². The fraction of sp³-hybridized carbons (Fsp3) is 0.444. The van der Waals surface area contributed by atoms with E-state index >= 15 is 0 Å². The molecule has 3 aliphatic rings. The third-order valence-electron chi connectivity index (χ3n) is 7.41. The molecule has 1 N–H and O–H groups in total. The third-order valence-corrected chi connectivity index (χ3v) is 7.41. The van der Waals surface area contributed by atoms with Gasteiger partial charge >= 0.3 is 0 Å². The molecule has 2 aromatic rings. The number of aryl methyl sites for hydroxylation is 2. The number of hydrogen-bond donors (Lipinski definition) is 1. The summed E-state index contributed by atoms with van der Waals surface area (Å²) in [5.41, 5.74) is 7.70. The topological polar surface area (TPSA) is 32.3 Å². The average molecular weight is 401 g/mol. The van der Waals surface area contributed by atoms with Crippen LogP contribution < -0.4 is 5.32 Å². The molecule has 1 unspecified atom stereocenters. The predicted octanol–water partition coefficient (Wildman–Crippen LogP) is 5.48. The number of carbonyl (C=O) groups excluding carboxylic acids is 1. The van der Waals surface area contributed by atoms with E-state index in [-0.39, 0.29) is 11.3 Å².